The standard InChI is InChI=1S/C15H14BrN3/c1-9-4-3-7-19-14(17)13(18-15(9)19)11-5-6-12(16)10(2)8-11/h3-8H,17H2,1-2H3. The van der Waals surface area contributed by atoms with Gasteiger partial charge < -0.3 is 5.73 Å². The molecule has 1 aromatic carbocycles. The highest BCUT2D eigenvalue weighted by Gasteiger charge is 2.12. The smallest absolute Gasteiger partial charge is 0.142 e. The number of nitrogens with two attached hydrogens (primary N) is 1. The second-order valence-electron chi connectivity index (χ2n) is 4.69. The van der Waals surface area contributed by atoms with E-state index in [0.29, 0.717) is 5.82 Å². The molecular formula is C15H14BrN3. The Bertz CT molecular complexity index is 774. The van der Waals surface area contributed by atoms with Gasteiger partial charge in [-0.3, -0.25) is 4.40 Å². The van der Waals surface area contributed by atoms with Crippen molar-refractivity contribution < 1.29 is 0 Å². The third-order valence-corrected chi connectivity index (χ3v) is 4.20. The monoisotopic (exact) mass is 315 g/mol. The van der Waals surface area contributed by atoms with E-state index < -0.39 is 0 Å². The summed E-state index contributed by atoms with van der Waals surface area (Å²) in [6.07, 6.45) is 1.94. The Morgan fingerprint density at radius 1 is 1.16 bits per heavy atom. The van der Waals surface area contributed by atoms with Gasteiger partial charge in [0.2, 0.25) is 0 Å². The summed E-state index contributed by atoms with van der Waals surface area (Å²) in [4.78, 5) is 4.68. The number of benzene rings is 1. The summed E-state index contributed by atoms with van der Waals surface area (Å²) in [5.74, 6) is 0.681. The van der Waals surface area contributed by atoms with Crippen molar-refractivity contribution in [2.75, 3.05) is 5.73 Å². The molecule has 0 aliphatic carbocycles. The fourth-order valence-corrected chi connectivity index (χ4v) is 2.47. The Balaban J connectivity index is 2.28. The van der Waals surface area contributed by atoms with Crippen molar-refractivity contribution in [3.63, 3.8) is 0 Å². The molecule has 0 saturated heterocycles. The highest BCUT2D eigenvalue weighted by molar-refractivity contribution is 9.10. The quantitative estimate of drug-likeness (QED) is 0.738. The van der Waals surface area contributed by atoms with Crippen molar-refractivity contribution >= 4 is 27.4 Å². The number of rotatable bonds is 1. The lowest BCUT2D eigenvalue weighted by Gasteiger charge is -2.02. The number of halogens is 1. The molecule has 2 aromatic heterocycles. The van der Waals surface area contributed by atoms with E-state index >= 15 is 0 Å². The lowest BCUT2D eigenvalue weighted by Crippen LogP contribution is -1.94. The summed E-state index contributed by atoms with van der Waals surface area (Å²) >= 11 is 3.51. The Labute approximate surface area is 120 Å². The number of aryl methyl sites for hydroxylation is 2. The zero-order valence-corrected chi connectivity index (χ0v) is 12.4. The molecule has 0 spiro atoms. The first-order valence-corrected chi connectivity index (χ1v) is 6.87. The first kappa shape index (κ1) is 12.2. The van der Waals surface area contributed by atoms with Crippen LogP contribution in [0.1, 0.15) is 11.1 Å². The molecule has 2 N–H and O–H groups in total. The van der Waals surface area contributed by atoms with Crippen molar-refractivity contribution in [2.24, 2.45) is 0 Å². The minimum absolute atomic E-state index is 0.681. The fourth-order valence-electron chi connectivity index (χ4n) is 2.23. The molecule has 0 radical (unpaired) electrons. The number of nitrogens with zero attached hydrogens (tertiary/aromatic N) is 2. The minimum atomic E-state index is 0.681. The van der Waals surface area contributed by atoms with Gasteiger partial charge in [0.1, 0.15) is 17.2 Å². The number of nitrogen functional groups attached to an aromatic ring is 1. The number of hydrogen-bond acceptors (Lipinski definition) is 2. The number of imidazole rings is 1. The van der Waals surface area contributed by atoms with Gasteiger partial charge in [0, 0.05) is 16.2 Å². The number of hydrogen-bond donors (Lipinski definition) is 1. The number of aromatic nitrogens is 2. The summed E-state index contributed by atoms with van der Waals surface area (Å²) in [7, 11) is 0. The summed E-state index contributed by atoms with van der Waals surface area (Å²) in [5, 5.41) is 0. The molecule has 0 aliphatic rings. The molecule has 0 bridgehead atoms. The number of fused-ring (bicyclic) bond motifs is 1. The molecule has 0 aliphatic heterocycles. The fraction of sp³-hybridized carbons (Fsp3) is 0.133. The van der Waals surface area contributed by atoms with Gasteiger partial charge in [0.05, 0.1) is 0 Å². The molecule has 3 rings (SSSR count). The van der Waals surface area contributed by atoms with Gasteiger partial charge >= 0.3 is 0 Å². The minimum Gasteiger partial charge on any atom is -0.383 e. The van der Waals surface area contributed by atoms with Gasteiger partial charge in [-0.25, -0.2) is 4.98 Å². The summed E-state index contributed by atoms with van der Waals surface area (Å²) in [6, 6.07) is 10.2. The van der Waals surface area contributed by atoms with Crippen LogP contribution in [0.3, 0.4) is 0 Å². The third kappa shape index (κ3) is 1.92. The predicted molar refractivity (Wildman–Crippen MR) is 82.2 cm³/mol. The van der Waals surface area contributed by atoms with Crippen molar-refractivity contribution in [3.05, 3.63) is 52.1 Å². The third-order valence-electron chi connectivity index (χ3n) is 3.31. The molecule has 0 atom stereocenters. The lowest BCUT2D eigenvalue weighted by atomic mass is 10.1. The highest BCUT2D eigenvalue weighted by atomic mass is 79.9. The van der Waals surface area contributed by atoms with Crippen LogP contribution >= 0.6 is 15.9 Å². The first-order valence-electron chi connectivity index (χ1n) is 6.07. The van der Waals surface area contributed by atoms with Crippen molar-refractivity contribution in [3.8, 4) is 11.3 Å². The van der Waals surface area contributed by atoms with Crippen molar-refractivity contribution in [1.82, 2.24) is 9.38 Å². The Kier molecular flexibility index (Phi) is 2.82. The maximum absolute atomic E-state index is 6.22. The van der Waals surface area contributed by atoms with Crippen LogP contribution in [0.4, 0.5) is 5.82 Å². The molecule has 0 fully saturated rings. The molecular weight excluding hydrogens is 302 g/mol. The normalized spacial score (nSPS) is 11.1. The molecule has 3 nitrogen and oxygen atoms in total. The van der Waals surface area contributed by atoms with Crippen LogP contribution in [0, 0.1) is 13.8 Å². The first-order chi connectivity index (χ1) is 9.08. The van der Waals surface area contributed by atoms with Gasteiger partial charge in [-0.1, -0.05) is 28.1 Å². The average molecular weight is 316 g/mol. The topological polar surface area (TPSA) is 43.3 Å². The van der Waals surface area contributed by atoms with E-state index in [1.807, 2.05) is 41.8 Å². The zero-order chi connectivity index (χ0) is 13.6. The molecule has 2 heterocycles. The van der Waals surface area contributed by atoms with Crippen LogP contribution in [0.5, 0.6) is 0 Å². The van der Waals surface area contributed by atoms with Crippen molar-refractivity contribution in [1.29, 1.82) is 0 Å². The second kappa shape index (κ2) is 4.38. The van der Waals surface area contributed by atoms with Gasteiger partial charge in [-0.15, -0.1) is 0 Å². The van der Waals surface area contributed by atoms with E-state index in [1.54, 1.807) is 0 Å². The average Bonchev–Trinajstić information content (AvgIpc) is 2.72. The van der Waals surface area contributed by atoms with E-state index in [4.69, 9.17) is 5.73 Å². The van der Waals surface area contributed by atoms with Gasteiger partial charge in [-0.05, 0) is 43.2 Å². The Hall–Kier alpha value is -1.81. The van der Waals surface area contributed by atoms with E-state index in [9.17, 15) is 0 Å². The van der Waals surface area contributed by atoms with Gasteiger partial charge in [0.15, 0.2) is 0 Å². The van der Waals surface area contributed by atoms with E-state index in [-0.39, 0.29) is 0 Å². The molecule has 0 amide bonds. The van der Waals surface area contributed by atoms with Crippen LogP contribution in [-0.4, -0.2) is 9.38 Å². The highest BCUT2D eigenvalue weighted by Crippen LogP contribution is 2.30. The largest absolute Gasteiger partial charge is 0.383 e. The summed E-state index contributed by atoms with van der Waals surface area (Å²) < 4.78 is 3.02. The summed E-state index contributed by atoms with van der Waals surface area (Å²) in [5.41, 5.74) is 11.3. The van der Waals surface area contributed by atoms with Gasteiger partial charge in [0.25, 0.3) is 0 Å². The maximum atomic E-state index is 6.22. The van der Waals surface area contributed by atoms with E-state index in [2.05, 4.69) is 33.9 Å². The zero-order valence-electron chi connectivity index (χ0n) is 10.8. The van der Waals surface area contributed by atoms with Gasteiger partial charge in [-0.2, -0.15) is 0 Å². The molecule has 4 heteroatoms. The van der Waals surface area contributed by atoms with E-state index in [1.165, 1.54) is 5.56 Å². The number of anilines is 1. The second-order valence-corrected chi connectivity index (χ2v) is 5.55. The molecule has 0 saturated carbocycles. The van der Waals surface area contributed by atoms with Crippen LogP contribution in [0.15, 0.2) is 41.0 Å². The van der Waals surface area contributed by atoms with Crippen LogP contribution in [0.2, 0.25) is 0 Å². The SMILES string of the molecule is Cc1cc(-c2nc3c(C)cccn3c2N)ccc1Br. The van der Waals surface area contributed by atoms with Crippen molar-refractivity contribution in [2.45, 2.75) is 13.8 Å². The maximum Gasteiger partial charge on any atom is 0.142 e. The number of pyridine rings is 1. The summed E-state index contributed by atoms with van der Waals surface area (Å²) in [6.45, 7) is 4.10. The van der Waals surface area contributed by atoms with Crippen LogP contribution in [0.25, 0.3) is 16.9 Å². The Morgan fingerprint density at radius 3 is 2.63 bits per heavy atom. The molecule has 19 heavy (non-hydrogen) atoms. The predicted octanol–water partition coefficient (Wildman–Crippen LogP) is 3.96. The van der Waals surface area contributed by atoms with Crippen LogP contribution < -0.4 is 5.73 Å². The Morgan fingerprint density at radius 2 is 1.95 bits per heavy atom. The lowest BCUT2D eigenvalue weighted by molar-refractivity contribution is 1.17. The van der Waals surface area contributed by atoms with E-state index in [0.717, 1.165) is 26.9 Å². The molecule has 96 valence electrons. The molecule has 0 unspecified atom stereocenters. The van der Waals surface area contributed by atoms with Crippen LogP contribution in [-0.2, 0) is 0 Å². The molecule has 3 aromatic rings.